The zero-order valence-corrected chi connectivity index (χ0v) is 13.5. The topological polar surface area (TPSA) is 64.1 Å². The fraction of sp³-hybridized carbons (Fsp3) is 0.222. The Morgan fingerprint density at radius 1 is 1.21 bits per heavy atom. The third-order valence-corrected chi connectivity index (χ3v) is 4.68. The van der Waals surface area contributed by atoms with Crippen molar-refractivity contribution in [2.24, 2.45) is 0 Å². The van der Waals surface area contributed by atoms with Crippen LogP contribution in [0.15, 0.2) is 52.1 Å². The number of aryl methyl sites for hydroxylation is 1. The molecule has 0 spiro atoms. The predicted octanol–water partition coefficient (Wildman–Crippen LogP) is 3.00. The SMILES string of the molecule is O=c1[nH]c(=O)n(COC2CCc3ccccc32)c2ccc(Cl)cc12. The molecular weight excluding hydrogens is 328 g/mol. The second-order valence-electron chi connectivity index (χ2n) is 5.87. The van der Waals surface area contributed by atoms with Crippen LogP contribution < -0.4 is 11.2 Å². The maximum atomic E-state index is 12.2. The van der Waals surface area contributed by atoms with Crippen LogP contribution in [0.2, 0.25) is 5.02 Å². The molecule has 0 fully saturated rings. The van der Waals surface area contributed by atoms with Crippen molar-refractivity contribution < 1.29 is 4.74 Å². The van der Waals surface area contributed by atoms with Crippen molar-refractivity contribution in [1.29, 1.82) is 0 Å². The Labute approximate surface area is 142 Å². The van der Waals surface area contributed by atoms with E-state index in [1.807, 2.05) is 12.1 Å². The molecule has 0 saturated carbocycles. The molecule has 1 atom stereocenters. The molecule has 5 nitrogen and oxygen atoms in total. The monoisotopic (exact) mass is 342 g/mol. The van der Waals surface area contributed by atoms with Gasteiger partial charge in [-0.1, -0.05) is 35.9 Å². The van der Waals surface area contributed by atoms with Crippen LogP contribution in [0.5, 0.6) is 0 Å². The van der Waals surface area contributed by atoms with E-state index in [2.05, 4.69) is 17.1 Å². The van der Waals surface area contributed by atoms with Crippen LogP contribution in [-0.4, -0.2) is 9.55 Å². The summed E-state index contributed by atoms with van der Waals surface area (Å²) in [6.45, 7) is 0.0761. The molecule has 2 aromatic carbocycles. The highest BCUT2D eigenvalue weighted by molar-refractivity contribution is 6.31. The van der Waals surface area contributed by atoms with Crippen LogP contribution in [0, 0.1) is 0 Å². The van der Waals surface area contributed by atoms with Gasteiger partial charge in [-0.25, -0.2) is 4.79 Å². The minimum Gasteiger partial charge on any atom is -0.353 e. The highest BCUT2D eigenvalue weighted by Gasteiger charge is 2.22. The first-order valence-electron chi connectivity index (χ1n) is 7.75. The molecule has 122 valence electrons. The smallest absolute Gasteiger partial charge is 0.330 e. The Hall–Kier alpha value is -2.37. The third kappa shape index (κ3) is 2.56. The number of ether oxygens (including phenoxy) is 1. The first kappa shape index (κ1) is 15.2. The summed E-state index contributed by atoms with van der Waals surface area (Å²) in [6, 6.07) is 13.0. The molecule has 1 heterocycles. The molecule has 24 heavy (non-hydrogen) atoms. The summed E-state index contributed by atoms with van der Waals surface area (Å²) in [5.74, 6) is 0. The lowest BCUT2D eigenvalue weighted by atomic mass is 10.1. The van der Waals surface area contributed by atoms with E-state index in [1.54, 1.807) is 18.2 Å². The second kappa shape index (κ2) is 5.92. The first-order valence-corrected chi connectivity index (χ1v) is 8.13. The summed E-state index contributed by atoms with van der Waals surface area (Å²) in [5, 5.41) is 0.821. The summed E-state index contributed by atoms with van der Waals surface area (Å²) >= 11 is 5.95. The van der Waals surface area contributed by atoms with Gasteiger partial charge in [0.05, 0.1) is 17.0 Å². The van der Waals surface area contributed by atoms with E-state index >= 15 is 0 Å². The van der Waals surface area contributed by atoms with Crippen LogP contribution in [0.1, 0.15) is 23.7 Å². The largest absolute Gasteiger partial charge is 0.353 e. The van der Waals surface area contributed by atoms with Gasteiger partial charge in [0.25, 0.3) is 5.56 Å². The standard InChI is InChI=1S/C18H15ClN2O3/c19-12-6-7-15-14(9-12)17(22)20-18(23)21(15)10-24-16-8-5-11-3-1-2-4-13(11)16/h1-4,6-7,9,16H,5,8,10H2,(H,20,22,23). The zero-order valence-electron chi connectivity index (χ0n) is 12.8. The molecule has 1 aliphatic rings. The van der Waals surface area contributed by atoms with E-state index in [0.717, 1.165) is 12.8 Å². The van der Waals surface area contributed by atoms with Crippen LogP contribution >= 0.6 is 11.6 Å². The van der Waals surface area contributed by atoms with Crippen LogP contribution in [0.3, 0.4) is 0 Å². The highest BCUT2D eigenvalue weighted by atomic mass is 35.5. The average molecular weight is 343 g/mol. The molecular formula is C18H15ClN2O3. The fourth-order valence-electron chi connectivity index (χ4n) is 3.25. The van der Waals surface area contributed by atoms with Gasteiger partial charge in [-0.2, -0.15) is 0 Å². The van der Waals surface area contributed by atoms with E-state index in [4.69, 9.17) is 16.3 Å². The Morgan fingerprint density at radius 3 is 2.92 bits per heavy atom. The lowest BCUT2D eigenvalue weighted by Gasteiger charge is -2.15. The van der Waals surface area contributed by atoms with Gasteiger partial charge in [-0.05, 0) is 42.2 Å². The molecule has 0 saturated heterocycles. The van der Waals surface area contributed by atoms with Gasteiger partial charge in [0.15, 0.2) is 0 Å². The van der Waals surface area contributed by atoms with Gasteiger partial charge < -0.3 is 4.74 Å². The molecule has 1 N–H and O–H groups in total. The minimum absolute atomic E-state index is 0.0395. The second-order valence-corrected chi connectivity index (χ2v) is 6.31. The summed E-state index contributed by atoms with van der Waals surface area (Å²) in [4.78, 5) is 26.5. The highest BCUT2D eigenvalue weighted by Crippen LogP contribution is 2.33. The molecule has 1 aliphatic carbocycles. The number of benzene rings is 2. The van der Waals surface area contributed by atoms with Gasteiger partial charge in [0.1, 0.15) is 6.73 Å². The van der Waals surface area contributed by atoms with Crippen molar-refractivity contribution in [3.8, 4) is 0 Å². The Balaban J connectivity index is 1.69. The van der Waals surface area contributed by atoms with Crippen molar-refractivity contribution in [1.82, 2.24) is 9.55 Å². The van der Waals surface area contributed by atoms with Crippen molar-refractivity contribution >= 4 is 22.5 Å². The number of hydrogen-bond donors (Lipinski definition) is 1. The maximum Gasteiger partial charge on any atom is 0.330 e. The zero-order chi connectivity index (χ0) is 16.7. The number of fused-ring (bicyclic) bond motifs is 2. The normalized spacial score (nSPS) is 16.5. The number of rotatable bonds is 3. The van der Waals surface area contributed by atoms with Crippen molar-refractivity contribution in [3.05, 3.63) is 79.5 Å². The van der Waals surface area contributed by atoms with Crippen molar-refractivity contribution in [2.75, 3.05) is 0 Å². The number of H-pyrrole nitrogens is 1. The average Bonchev–Trinajstić information content (AvgIpc) is 2.98. The molecule has 0 aliphatic heterocycles. The van der Waals surface area contributed by atoms with E-state index < -0.39 is 11.2 Å². The molecule has 0 amide bonds. The number of aromatic amines is 1. The Kier molecular flexibility index (Phi) is 3.75. The molecule has 0 radical (unpaired) electrons. The summed E-state index contributed by atoms with van der Waals surface area (Å²) in [7, 11) is 0. The molecule has 1 aromatic heterocycles. The quantitative estimate of drug-likeness (QED) is 0.795. The minimum atomic E-state index is -0.485. The lowest BCUT2D eigenvalue weighted by molar-refractivity contribution is 0.00675. The van der Waals surface area contributed by atoms with Gasteiger partial charge in [0.2, 0.25) is 0 Å². The van der Waals surface area contributed by atoms with E-state index in [1.165, 1.54) is 15.7 Å². The van der Waals surface area contributed by atoms with E-state index in [0.29, 0.717) is 15.9 Å². The van der Waals surface area contributed by atoms with Crippen LogP contribution in [-0.2, 0) is 17.9 Å². The van der Waals surface area contributed by atoms with E-state index in [9.17, 15) is 9.59 Å². The van der Waals surface area contributed by atoms with Crippen LogP contribution in [0.4, 0.5) is 0 Å². The predicted molar refractivity (Wildman–Crippen MR) is 92.4 cm³/mol. The number of hydrogen-bond acceptors (Lipinski definition) is 3. The number of nitrogens with one attached hydrogen (secondary N) is 1. The Bertz CT molecular complexity index is 1040. The molecule has 4 rings (SSSR count). The van der Waals surface area contributed by atoms with Crippen LogP contribution in [0.25, 0.3) is 10.9 Å². The number of nitrogens with zero attached hydrogens (tertiary/aromatic N) is 1. The molecule has 0 bridgehead atoms. The summed E-state index contributed by atoms with van der Waals surface area (Å²) < 4.78 is 7.41. The number of halogens is 1. The molecule has 3 aromatic rings. The number of aromatic nitrogens is 2. The van der Waals surface area contributed by atoms with Gasteiger partial charge in [-0.15, -0.1) is 0 Å². The summed E-state index contributed by atoms with van der Waals surface area (Å²) in [5.41, 5.74) is 2.04. The summed E-state index contributed by atoms with van der Waals surface area (Å²) in [6.07, 6.45) is 1.82. The Morgan fingerprint density at radius 2 is 2.04 bits per heavy atom. The van der Waals surface area contributed by atoms with Crippen molar-refractivity contribution in [2.45, 2.75) is 25.7 Å². The first-order chi connectivity index (χ1) is 11.6. The molecule has 6 heteroatoms. The third-order valence-electron chi connectivity index (χ3n) is 4.44. The van der Waals surface area contributed by atoms with Gasteiger partial charge in [0, 0.05) is 5.02 Å². The van der Waals surface area contributed by atoms with Gasteiger partial charge in [-0.3, -0.25) is 14.3 Å². The fourth-order valence-corrected chi connectivity index (χ4v) is 3.42. The van der Waals surface area contributed by atoms with Crippen molar-refractivity contribution in [3.63, 3.8) is 0 Å². The lowest BCUT2D eigenvalue weighted by Crippen LogP contribution is -2.31. The molecule has 1 unspecified atom stereocenters. The van der Waals surface area contributed by atoms with E-state index in [-0.39, 0.29) is 12.8 Å². The van der Waals surface area contributed by atoms with Gasteiger partial charge >= 0.3 is 5.69 Å². The maximum absolute atomic E-state index is 12.2.